The molecule has 208 valence electrons. The van der Waals surface area contributed by atoms with Gasteiger partial charge in [-0.2, -0.15) is 0 Å². The van der Waals surface area contributed by atoms with Crippen molar-refractivity contribution in [3.63, 3.8) is 0 Å². The molecule has 7 rings (SSSR count). The maximum atomic E-state index is 4.98. The van der Waals surface area contributed by atoms with Crippen molar-refractivity contribution in [2.45, 2.75) is 51.9 Å². The number of rotatable bonds is 3. The van der Waals surface area contributed by atoms with Crippen LogP contribution in [0.2, 0.25) is 0 Å². The molecule has 5 aromatic heterocycles. The van der Waals surface area contributed by atoms with E-state index in [-0.39, 0.29) is 26.5 Å². The molecular formula is C33H31N7Pt. The molecule has 0 N–H and O–H groups in total. The van der Waals surface area contributed by atoms with Crippen LogP contribution in [0.4, 0.5) is 0 Å². The summed E-state index contributed by atoms with van der Waals surface area (Å²) < 4.78 is 0. The predicted octanol–water partition coefficient (Wildman–Crippen LogP) is 6.59. The molecule has 1 aliphatic carbocycles. The summed E-state index contributed by atoms with van der Waals surface area (Å²) in [5.74, 6) is 0. The first-order valence-corrected chi connectivity index (χ1v) is 13.7. The number of pyridine rings is 3. The molecule has 0 bridgehead atoms. The minimum atomic E-state index is 0. The van der Waals surface area contributed by atoms with Crippen molar-refractivity contribution in [1.82, 2.24) is 35.3 Å². The Balaban J connectivity index is 0.000000263. The van der Waals surface area contributed by atoms with E-state index in [4.69, 9.17) is 4.98 Å². The van der Waals surface area contributed by atoms with Crippen LogP contribution in [-0.2, 0) is 39.3 Å². The number of aryl methyl sites for hydroxylation is 1. The first kappa shape index (κ1) is 28.6. The molecule has 0 aliphatic heterocycles. The molecule has 0 saturated carbocycles. The van der Waals surface area contributed by atoms with E-state index < -0.39 is 0 Å². The number of hydrogen-bond donors (Lipinski definition) is 0. The molecule has 0 unspecified atom stereocenters. The molecular weight excluding hydrogens is 689 g/mol. The Bertz CT molecular complexity index is 1730. The smallest absolute Gasteiger partial charge is 0.573 e. The number of aromatic nitrogens is 7. The molecule has 1 aromatic carbocycles. The van der Waals surface area contributed by atoms with Crippen molar-refractivity contribution in [3.05, 3.63) is 102 Å². The van der Waals surface area contributed by atoms with Gasteiger partial charge >= 0.3 is 21.1 Å². The summed E-state index contributed by atoms with van der Waals surface area (Å²) in [7, 11) is 0. The van der Waals surface area contributed by atoms with Crippen LogP contribution in [0.25, 0.3) is 44.8 Å². The first-order valence-electron chi connectivity index (χ1n) is 13.7. The van der Waals surface area contributed by atoms with Crippen molar-refractivity contribution in [2.24, 2.45) is 0 Å². The SMILES string of the molecule is CC(C)(C)c1ccncc1.[Pt+2].c1ccc(-c2cc(-c3nc(-c4[n-]nc5c4CCCC5)cc4ccncc34)[n-]n2)cc1. The normalized spacial score (nSPS) is 12.7. The average Bonchev–Trinajstić information content (AvgIpc) is 3.66. The molecule has 0 saturated heterocycles. The van der Waals surface area contributed by atoms with Crippen molar-refractivity contribution < 1.29 is 21.1 Å². The van der Waals surface area contributed by atoms with E-state index in [2.05, 4.69) is 69.3 Å². The van der Waals surface area contributed by atoms with Crippen LogP contribution in [-0.4, -0.2) is 25.1 Å². The fraction of sp³-hybridized carbons (Fsp3) is 0.242. The van der Waals surface area contributed by atoms with Crippen LogP contribution in [0.5, 0.6) is 0 Å². The van der Waals surface area contributed by atoms with Gasteiger partial charge in [0, 0.05) is 41.6 Å². The molecule has 0 amide bonds. The summed E-state index contributed by atoms with van der Waals surface area (Å²) in [6.45, 7) is 6.59. The summed E-state index contributed by atoms with van der Waals surface area (Å²) in [6, 6.07) is 20.2. The van der Waals surface area contributed by atoms with Gasteiger partial charge in [-0.05, 0) is 83.5 Å². The predicted molar refractivity (Wildman–Crippen MR) is 158 cm³/mol. The van der Waals surface area contributed by atoms with E-state index in [9.17, 15) is 0 Å². The molecule has 41 heavy (non-hydrogen) atoms. The molecule has 0 radical (unpaired) electrons. The van der Waals surface area contributed by atoms with Crippen LogP contribution >= 0.6 is 0 Å². The second-order valence-corrected chi connectivity index (χ2v) is 11.1. The van der Waals surface area contributed by atoms with Crippen LogP contribution in [0.3, 0.4) is 0 Å². The van der Waals surface area contributed by atoms with Gasteiger partial charge < -0.3 is 20.4 Å². The Morgan fingerprint density at radius 2 is 1.51 bits per heavy atom. The molecule has 8 heteroatoms. The summed E-state index contributed by atoms with van der Waals surface area (Å²) in [4.78, 5) is 13.3. The van der Waals surface area contributed by atoms with E-state index >= 15 is 0 Å². The van der Waals surface area contributed by atoms with Gasteiger partial charge in [0.15, 0.2) is 0 Å². The fourth-order valence-electron chi connectivity index (χ4n) is 5.05. The third-order valence-corrected chi connectivity index (χ3v) is 7.27. The topological polar surface area (TPSA) is 92.6 Å². The molecule has 5 heterocycles. The standard InChI is InChI=1S/C24H18N6.C9H13N.Pt/c1-2-6-15(7-3-1)20-13-22(29-28-20)23-18-14-25-11-10-16(18)12-21(26-23)24-17-8-4-5-9-19(17)27-30-24;1-9(2,3)8-4-6-10-7-5-8;/h1-3,6-7,10-14H,4-5,8-9H2;4-7H,1-3H3;/q-2;;+2. The van der Waals surface area contributed by atoms with Gasteiger partial charge in [-0.25, -0.2) is 0 Å². The molecule has 0 spiro atoms. The van der Waals surface area contributed by atoms with E-state index in [0.29, 0.717) is 0 Å². The second kappa shape index (κ2) is 12.3. The molecule has 6 aromatic rings. The zero-order valence-electron chi connectivity index (χ0n) is 23.4. The summed E-state index contributed by atoms with van der Waals surface area (Å²) in [5.41, 5.74) is 9.06. The van der Waals surface area contributed by atoms with E-state index in [1.807, 2.05) is 61.1 Å². The van der Waals surface area contributed by atoms with Crippen LogP contribution < -0.4 is 10.2 Å². The van der Waals surface area contributed by atoms with Crippen LogP contribution in [0.1, 0.15) is 50.4 Å². The monoisotopic (exact) mass is 720 g/mol. The summed E-state index contributed by atoms with van der Waals surface area (Å²) in [5, 5.41) is 19.8. The second-order valence-electron chi connectivity index (χ2n) is 11.1. The molecule has 7 nitrogen and oxygen atoms in total. The van der Waals surface area contributed by atoms with Crippen LogP contribution in [0, 0.1) is 0 Å². The zero-order valence-corrected chi connectivity index (χ0v) is 25.6. The van der Waals surface area contributed by atoms with Gasteiger partial charge in [0.05, 0.1) is 11.4 Å². The van der Waals surface area contributed by atoms with Crippen molar-refractivity contribution in [3.8, 4) is 34.0 Å². The van der Waals surface area contributed by atoms with Gasteiger partial charge in [-0.15, -0.1) is 0 Å². The first-order chi connectivity index (χ1) is 19.5. The Labute approximate surface area is 254 Å². The van der Waals surface area contributed by atoms with Crippen molar-refractivity contribution >= 4 is 10.8 Å². The molecule has 1 aliphatic rings. The minimum Gasteiger partial charge on any atom is -0.573 e. The molecule has 0 fully saturated rings. The van der Waals surface area contributed by atoms with E-state index in [0.717, 1.165) is 63.3 Å². The maximum Gasteiger partial charge on any atom is 2.00 e. The Morgan fingerprint density at radius 3 is 2.27 bits per heavy atom. The van der Waals surface area contributed by atoms with Crippen LogP contribution in [0.15, 0.2) is 85.5 Å². The van der Waals surface area contributed by atoms with Gasteiger partial charge in [0.2, 0.25) is 0 Å². The Hall–Kier alpha value is -3.96. The number of benzene rings is 1. The van der Waals surface area contributed by atoms with Crippen molar-refractivity contribution in [2.75, 3.05) is 0 Å². The number of nitrogens with zero attached hydrogens (tertiary/aromatic N) is 7. The number of hydrogen-bond acceptors (Lipinski definition) is 5. The largest absolute Gasteiger partial charge is 2.00 e. The minimum absolute atomic E-state index is 0. The van der Waals surface area contributed by atoms with Gasteiger partial charge in [0.1, 0.15) is 0 Å². The third kappa shape index (κ3) is 6.20. The maximum absolute atomic E-state index is 4.98. The Morgan fingerprint density at radius 1 is 0.756 bits per heavy atom. The van der Waals surface area contributed by atoms with Gasteiger partial charge in [-0.1, -0.05) is 62.5 Å². The quantitative estimate of drug-likeness (QED) is 0.204. The van der Waals surface area contributed by atoms with E-state index in [1.54, 1.807) is 6.20 Å². The van der Waals surface area contributed by atoms with Gasteiger partial charge in [0.25, 0.3) is 0 Å². The summed E-state index contributed by atoms with van der Waals surface area (Å²) in [6.07, 6.45) is 11.7. The summed E-state index contributed by atoms with van der Waals surface area (Å²) >= 11 is 0. The molecule has 0 atom stereocenters. The van der Waals surface area contributed by atoms with Crippen molar-refractivity contribution in [1.29, 1.82) is 0 Å². The zero-order chi connectivity index (χ0) is 27.5. The average molecular weight is 721 g/mol. The Kier molecular flexibility index (Phi) is 8.55. The fourth-order valence-corrected chi connectivity index (χ4v) is 5.05. The number of fused-ring (bicyclic) bond motifs is 2. The van der Waals surface area contributed by atoms with Gasteiger partial charge in [-0.3, -0.25) is 15.0 Å². The third-order valence-electron chi connectivity index (χ3n) is 7.27. The van der Waals surface area contributed by atoms with E-state index in [1.165, 1.54) is 24.0 Å².